The van der Waals surface area contributed by atoms with Crippen LogP contribution in [0.3, 0.4) is 0 Å². The first-order valence-corrected chi connectivity index (χ1v) is 8.02. The average Bonchev–Trinajstić information content (AvgIpc) is 2.53. The Morgan fingerprint density at radius 3 is 1.21 bits per heavy atom. The summed E-state index contributed by atoms with van der Waals surface area (Å²) in [4.78, 5) is 10.4. The smallest absolute Gasteiger partial charge is 0.219 e. The van der Waals surface area contributed by atoms with E-state index in [0.29, 0.717) is 79.3 Å². The molecule has 0 aliphatic heterocycles. The molecule has 0 fully saturated rings. The van der Waals surface area contributed by atoms with Crippen LogP contribution in [0.2, 0.25) is 0 Å². The van der Waals surface area contributed by atoms with E-state index in [1.54, 1.807) is 0 Å². The molecular formula is C15H32ClNO7. The number of primary amides is 1. The van der Waals surface area contributed by atoms with Crippen molar-refractivity contribution >= 4 is 18.3 Å². The number of nitrogens with two attached hydrogens (primary N) is 1. The molecule has 9 heteroatoms. The van der Waals surface area contributed by atoms with Gasteiger partial charge in [0, 0.05) is 13.0 Å². The molecule has 0 saturated heterocycles. The number of carbonyl (C=O) groups is 1. The molecule has 0 atom stereocenters. The molecule has 1 amide bonds. The first kappa shape index (κ1) is 25.8. The maximum Gasteiger partial charge on any atom is 0.219 e. The molecule has 0 bridgehead atoms. The molecule has 0 saturated carbocycles. The summed E-state index contributed by atoms with van der Waals surface area (Å²) >= 11 is 0. The Hall–Kier alpha value is -0.480. The quantitative estimate of drug-likeness (QED) is 0.327. The number of hydrogen-bond acceptors (Lipinski definition) is 7. The molecule has 0 radical (unpaired) electrons. The summed E-state index contributed by atoms with van der Waals surface area (Å²) in [5, 5.41) is 0. The Kier molecular flexibility index (Phi) is 24.2. The van der Waals surface area contributed by atoms with E-state index in [0.717, 1.165) is 0 Å². The van der Waals surface area contributed by atoms with Crippen LogP contribution < -0.4 is 5.73 Å². The van der Waals surface area contributed by atoms with Crippen LogP contribution >= 0.6 is 12.4 Å². The van der Waals surface area contributed by atoms with Crippen LogP contribution in [0.1, 0.15) is 13.3 Å². The van der Waals surface area contributed by atoms with Crippen LogP contribution in [0.4, 0.5) is 0 Å². The van der Waals surface area contributed by atoms with E-state index in [-0.39, 0.29) is 24.7 Å². The van der Waals surface area contributed by atoms with Gasteiger partial charge >= 0.3 is 0 Å². The zero-order valence-electron chi connectivity index (χ0n) is 14.5. The summed E-state index contributed by atoms with van der Waals surface area (Å²) in [5.41, 5.74) is 4.98. The Labute approximate surface area is 150 Å². The van der Waals surface area contributed by atoms with Crippen LogP contribution in [0.5, 0.6) is 0 Å². The van der Waals surface area contributed by atoms with Gasteiger partial charge in [-0.15, -0.1) is 12.4 Å². The first-order chi connectivity index (χ1) is 11.3. The molecule has 24 heavy (non-hydrogen) atoms. The van der Waals surface area contributed by atoms with Crippen LogP contribution in [-0.2, 0) is 33.2 Å². The number of rotatable bonds is 19. The third kappa shape index (κ3) is 23.8. The van der Waals surface area contributed by atoms with E-state index < -0.39 is 0 Å². The Morgan fingerprint density at radius 1 is 0.625 bits per heavy atom. The maximum absolute atomic E-state index is 10.4. The van der Waals surface area contributed by atoms with Gasteiger partial charge in [-0.3, -0.25) is 4.79 Å². The Bertz CT molecular complexity index is 260. The van der Waals surface area contributed by atoms with Crippen molar-refractivity contribution in [2.75, 3.05) is 79.3 Å². The van der Waals surface area contributed by atoms with Gasteiger partial charge in [0.2, 0.25) is 5.91 Å². The predicted molar refractivity (Wildman–Crippen MR) is 91.6 cm³/mol. The van der Waals surface area contributed by atoms with Crippen LogP contribution in [-0.4, -0.2) is 85.2 Å². The second kappa shape index (κ2) is 22.5. The summed E-state index contributed by atoms with van der Waals surface area (Å²) in [6.07, 6.45) is 0.237. The van der Waals surface area contributed by atoms with Gasteiger partial charge in [-0.1, -0.05) is 0 Å². The van der Waals surface area contributed by atoms with E-state index >= 15 is 0 Å². The monoisotopic (exact) mass is 373 g/mol. The van der Waals surface area contributed by atoms with Gasteiger partial charge in [-0.2, -0.15) is 0 Å². The highest BCUT2D eigenvalue weighted by Gasteiger charge is 1.95. The minimum atomic E-state index is -0.362. The molecule has 0 aromatic heterocycles. The van der Waals surface area contributed by atoms with Crippen molar-refractivity contribution in [3.05, 3.63) is 0 Å². The van der Waals surface area contributed by atoms with E-state index in [9.17, 15) is 4.79 Å². The van der Waals surface area contributed by atoms with E-state index in [1.165, 1.54) is 0 Å². The molecule has 2 N–H and O–H groups in total. The van der Waals surface area contributed by atoms with Crippen LogP contribution in [0, 0.1) is 0 Å². The van der Waals surface area contributed by atoms with Gasteiger partial charge < -0.3 is 34.2 Å². The van der Waals surface area contributed by atoms with Crippen molar-refractivity contribution in [2.45, 2.75) is 13.3 Å². The number of hydrogen-bond donors (Lipinski definition) is 1. The highest BCUT2D eigenvalue weighted by atomic mass is 35.5. The second-order valence-electron chi connectivity index (χ2n) is 4.48. The molecule has 0 aliphatic rings. The molecule has 0 aromatic carbocycles. The Morgan fingerprint density at radius 2 is 0.917 bits per heavy atom. The number of amides is 1. The van der Waals surface area contributed by atoms with Crippen molar-refractivity contribution in [1.29, 1.82) is 0 Å². The molecule has 0 unspecified atom stereocenters. The van der Waals surface area contributed by atoms with Gasteiger partial charge in [0.25, 0.3) is 0 Å². The highest BCUT2D eigenvalue weighted by Crippen LogP contribution is 1.85. The van der Waals surface area contributed by atoms with Crippen molar-refractivity contribution < 1.29 is 33.2 Å². The van der Waals surface area contributed by atoms with Gasteiger partial charge in [-0.05, 0) is 6.92 Å². The standard InChI is InChI=1S/C15H31NO7.ClH/c1-2-18-5-6-20-9-10-22-13-14-23-12-11-21-8-7-19-4-3-15(16)17;/h2-14H2,1H3,(H2,16,17);1H. The Balaban J connectivity index is 0. The molecule has 0 spiro atoms. The number of halogens is 1. The SMILES string of the molecule is CCOCCOCCOCCOCCOCCOCCC(N)=O.Cl. The first-order valence-electron chi connectivity index (χ1n) is 8.02. The fourth-order valence-electron chi connectivity index (χ4n) is 1.42. The van der Waals surface area contributed by atoms with Crippen molar-refractivity contribution in [1.82, 2.24) is 0 Å². The van der Waals surface area contributed by atoms with Crippen LogP contribution in [0.15, 0.2) is 0 Å². The van der Waals surface area contributed by atoms with Crippen LogP contribution in [0.25, 0.3) is 0 Å². The molecule has 0 heterocycles. The van der Waals surface area contributed by atoms with Gasteiger partial charge in [0.1, 0.15) is 0 Å². The minimum absolute atomic E-state index is 0. The molecule has 0 aliphatic carbocycles. The largest absolute Gasteiger partial charge is 0.379 e. The lowest BCUT2D eigenvalue weighted by Crippen LogP contribution is -2.16. The van der Waals surface area contributed by atoms with E-state index in [1.807, 2.05) is 6.92 Å². The highest BCUT2D eigenvalue weighted by molar-refractivity contribution is 5.85. The van der Waals surface area contributed by atoms with Gasteiger partial charge in [0.15, 0.2) is 0 Å². The van der Waals surface area contributed by atoms with Crippen molar-refractivity contribution in [2.24, 2.45) is 5.73 Å². The summed E-state index contributed by atoms with van der Waals surface area (Å²) in [6, 6.07) is 0. The number of carbonyl (C=O) groups excluding carboxylic acids is 1. The topological polar surface area (TPSA) is 98.5 Å². The lowest BCUT2D eigenvalue weighted by Gasteiger charge is -2.07. The third-order valence-corrected chi connectivity index (χ3v) is 2.56. The normalized spacial score (nSPS) is 10.5. The van der Waals surface area contributed by atoms with Gasteiger partial charge in [0.05, 0.1) is 72.7 Å². The summed E-state index contributed by atoms with van der Waals surface area (Å²) < 4.78 is 31.6. The van der Waals surface area contributed by atoms with Crippen molar-refractivity contribution in [3.8, 4) is 0 Å². The average molecular weight is 374 g/mol. The fourth-order valence-corrected chi connectivity index (χ4v) is 1.42. The lowest BCUT2D eigenvalue weighted by molar-refractivity contribution is -0.119. The van der Waals surface area contributed by atoms with E-state index in [2.05, 4.69) is 0 Å². The van der Waals surface area contributed by atoms with E-state index in [4.69, 9.17) is 34.2 Å². The molecule has 0 aromatic rings. The predicted octanol–water partition coefficient (Wildman–Crippen LogP) is 0.403. The van der Waals surface area contributed by atoms with Gasteiger partial charge in [-0.25, -0.2) is 0 Å². The number of ether oxygens (including phenoxy) is 6. The summed E-state index contributed by atoms with van der Waals surface area (Å²) in [7, 11) is 0. The molecule has 8 nitrogen and oxygen atoms in total. The van der Waals surface area contributed by atoms with Crippen molar-refractivity contribution in [3.63, 3.8) is 0 Å². The molecule has 0 rings (SSSR count). The molecular weight excluding hydrogens is 342 g/mol. The summed E-state index contributed by atoms with van der Waals surface area (Å²) in [6.45, 7) is 8.31. The molecule has 146 valence electrons. The maximum atomic E-state index is 10.4. The second-order valence-corrected chi connectivity index (χ2v) is 4.48. The zero-order chi connectivity index (χ0) is 17.0. The lowest BCUT2D eigenvalue weighted by atomic mass is 10.4. The zero-order valence-corrected chi connectivity index (χ0v) is 15.4. The third-order valence-electron chi connectivity index (χ3n) is 2.56. The minimum Gasteiger partial charge on any atom is -0.379 e. The summed E-state index contributed by atoms with van der Waals surface area (Å²) in [5.74, 6) is -0.362. The fraction of sp³-hybridized carbons (Fsp3) is 0.933.